The van der Waals surface area contributed by atoms with Crippen molar-refractivity contribution in [1.82, 2.24) is 19.5 Å². The van der Waals surface area contributed by atoms with Crippen molar-refractivity contribution in [1.29, 1.82) is 0 Å². The molecule has 3 rings (SSSR count). The van der Waals surface area contributed by atoms with Crippen molar-refractivity contribution in [3.63, 3.8) is 0 Å². The highest BCUT2D eigenvalue weighted by Crippen LogP contribution is 2.19. The van der Waals surface area contributed by atoms with Crippen LogP contribution in [0.1, 0.15) is 22.5 Å². The molecule has 108 valence electrons. The van der Waals surface area contributed by atoms with Crippen molar-refractivity contribution in [3.8, 4) is 0 Å². The number of aryl methyl sites for hydroxylation is 3. The molecule has 0 aliphatic carbocycles. The first-order chi connectivity index (χ1) is 10.2. The van der Waals surface area contributed by atoms with Crippen LogP contribution in [0.4, 0.5) is 0 Å². The summed E-state index contributed by atoms with van der Waals surface area (Å²) in [5.41, 5.74) is 5.34. The van der Waals surface area contributed by atoms with E-state index in [0.29, 0.717) is 5.88 Å². The third-order valence-electron chi connectivity index (χ3n) is 3.59. The molecule has 3 aromatic heterocycles. The highest BCUT2D eigenvalue weighted by atomic mass is 35.5. The smallest absolute Gasteiger partial charge is 0.160 e. The van der Waals surface area contributed by atoms with Crippen LogP contribution in [-0.2, 0) is 13.0 Å². The Hall–Kier alpha value is -1.94. The molecule has 0 unspecified atom stereocenters. The number of rotatable bonds is 4. The maximum atomic E-state index is 5.92. The third-order valence-corrected chi connectivity index (χ3v) is 3.78. The number of hydrogen-bond acceptors (Lipinski definition) is 3. The molecule has 0 bridgehead atoms. The van der Waals surface area contributed by atoms with E-state index in [-0.39, 0.29) is 0 Å². The van der Waals surface area contributed by atoms with Crippen LogP contribution in [0.25, 0.3) is 11.2 Å². The molecule has 0 saturated heterocycles. The maximum Gasteiger partial charge on any atom is 0.160 e. The monoisotopic (exact) mass is 300 g/mol. The van der Waals surface area contributed by atoms with Crippen molar-refractivity contribution in [3.05, 3.63) is 53.2 Å². The van der Waals surface area contributed by atoms with E-state index in [1.54, 1.807) is 0 Å². The van der Waals surface area contributed by atoms with Crippen molar-refractivity contribution < 1.29 is 0 Å². The van der Waals surface area contributed by atoms with E-state index in [9.17, 15) is 0 Å². The normalized spacial score (nSPS) is 11.2. The zero-order valence-corrected chi connectivity index (χ0v) is 12.9. The largest absolute Gasteiger partial charge is 0.308 e. The quantitative estimate of drug-likeness (QED) is 0.695. The number of alkyl halides is 1. The first-order valence-electron chi connectivity index (χ1n) is 6.96. The molecular weight excluding hydrogens is 284 g/mol. The van der Waals surface area contributed by atoms with E-state index in [2.05, 4.69) is 32.5 Å². The van der Waals surface area contributed by atoms with Crippen molar-refractivity contribution in [2.75, 3.05) is 5.88 Å². The second-order valence-electron chi connectivity index (χ2n) is 5.21. The lowest BCUT2D eigenvalue weighted by molar-refractivity contribution is 0.741. The molecule has 0 amide bonds. The molecule has 3 heterocycles. The minimum absolute atomic E-state index is 0.550. The fourth-order valence-electron chi connectivity index (χ4n) is 2.43. The predicted octanol–water partition coefficient (Wildman–Crippen LogP) is 3.27. The van der Waals surface area contributed by atoms with Gasteiger partial charge in [-0.2, -0.15) is 0 Å². The number of imidazole rings is 1. The van der Waals surface area contributed by atoms with E-state index in [0.717, 1.165) is 35.5 Å². The van der Waals surface area contributed by atoms with Gasteiger partial charge in [0.05, 0.1) is 6.54 Å². The zero-order chi connectivity index (χ0) is 14.8. The van der Waals surface area contributed by atoms with Crippen molar-refractivity contribution >= 4 is 22.8 Å². The fraction of sp³-hybridized carbons (Fsp3) is 0.312. The van der Waals surface area contributed by atoms with Crippen LogP contribution in [0, 0.1) is 13.8 Å². The van der Waals surface area contributed by atoms with Gasteiger partial charge in [0.25, 0.3) is 0 Å². The number of halogens is 1. The second-order valence-corrected chi connectivity index (χ2v) is 5.59. The van der Waals surface area contributed by atoms with Gasteiger partial charge in [0.15, 0.2) is 5.65 Å². The number of hydrogen-bond donors (Lipinski definition) is 0. The van der Waals surface area contributed by atoms with Gasteiger partial charge < -0.3 is 4.57 Å². The summed E-state index contributed by atoms with van der Waals surface area (Å²) in [4.78, 5) is 13.4. The van der Waals surface area contributed by atoms with Crippen LogP contribution < -0.4 is 0 Å². The third kappa shape index (κ3) is 2.76. The van der Waals surface area contributed by atoms with E-state index in [1.807, 2.05) is 31.6 Å². The molecular formula is C16H17ClN4. The molecule has 0 aliphatic heterocycles. The molecule has 0 saturated carbocycles. The number of fused-ring (bicyclic) bond motifs is 1. The lowest BCUT2D eigenvalue weighted by Crippen LogP contribution is -2.08. The predicted molar refractivity (Wildman–Crippen MR) is 84.8 cm³/mol. The average Bonchev–Trinajstić information content (AvgIpc) is 2.79. The van der Waals surface area contributed by atoms with Crippen LogP contribution in [0.3, 0.4) is 0 Å². The highest BCUT2D eigenvalue weighted by Gasteiger charge is 2.13. The Labute approximate surface area is 128 Å². The summed E-state index contributed by atoms with van der Waals surface area (Å²) < 4.78 is 2.14. The maximum absolute atomic E-state index is 5.92. The Balaban J connectivity index is 2.11. The second kappa shape index (κ2) is 5.82. The van der Waals surface area contributed by atoms with Crippen molar-refractivity contribution in [2.24, 2.45) is 0 Å². The summed E-state index contributed by atoms with van der Waals surface area (Å²) in [5.74, 6) is 1.52. The Morgan fingerprint density at radius 3 is 2.86 bits per heavy atom. The molecule has 0 radical (unpaired) electrons. The number of pyridine rings is 2. The minimum atomic E-state index is 0.550. The Bertz CT molecular complexity index is 779. The Morgan fingerprint density at radius 1 is 1.24 bits per heavy atom. The van der Waals surface area contributed by atoms with E-state index >= 15 is 0 Å². The van der Waals surface area contributed by atoms with E-state index in [4.69, 9.17) is 11.6 Å². The van der Waals surface area contributed by atoms with Gasteiger partial charge in [-0.15, -0.1) is 11.6 Å². The first-order valence-corrected chi connectivity index (χ1v) is 7.49. The molecule has 0 aromatic carbocycles. The SMILES string of the molecule is Cc1cnc2c(c1)nc(CCCl)n2Cc1cnccc1C. The van der Waals surface area contributed by atoms with Crippen LogP contribution in [-0.4, -0.2) is 25.4 Å². The van der Waals surface area contributed by atoms with Gasteiger partial charge in [0.2, 0.25) is 0 Å². The first kappa shape index (κ1) is 14.0. The van der Waals surface area contributed by atoms with Crippen molar-refractivity contribution in [2.45, 2.75) is 26.8 Å². The topological polar surface area (TPSA) is 43.6 Å². The molecule has 0 fully saturated rings. The summed E-state index contributed by atoms with van der Waals surface area (Å²) in [6.45, 7) is 4.84. The van der Waals surface area contributed by atoms with Gasteiger partial charge >= 0.3 is 0 Å². The van der Waals surface area contributed by atoms with Gasteiger partial charge in [-0.1, -0.05) is 0 Å². The molecule has 0 N–H and O–H groups in total. The lowest BCUT2D eigenvalue weighted by atomic mass is 10.1. The van der Waals surface area contributed by atoms with Crippen LogP contribution in [0.15, 0.2) is 30.7 Å². The van der Waals surface area contributed by atoms with Crippen LogP contribution >= 0.6 is 11.6 Å². The zero-order valence-electron chi connectivity index (χ0n) is 12.2. The summed E-state index contributed by atoms with van der Waals surface area (Å²) in [6.07, 6.45) is 6.32. The van der Waals surface area contributed by atoms with Crippen LogP contribution in [0.5, 0.6) is 0 Å². The van der Waals surface area contributed by atoms with E-state index < -0.39 is 0 Å². The van der Waals surface area contributed by atoms with Gasteiger partial charge in [-0.25, -0.2) is 9.97 Å². The minimum Gasteiger partial charge on any atom is -0.308 e. The number of aromatic nitrogens is 4. The average molecular weight is 301 g/mol. The molecule has 3 aromatic rings. The summed E-state index contributed by atoms with van der Waals surface area (Å²) in [7, 11) is 0. The standard InChI is InChI=1S/C16H17ClN4/c1-11-7-14-16(19-8-11)21(15(20-14)3-5-17)10-13-9-18-6-4-12(13)2/h4,6-9H,3,5,10H2,1-2H3. The molecule has 0 spiro atoms. The molecule has 21 heavy (non-hydrogen) atoms. The van der Waals surface area contributed by atoms with Crippen LogP contribution in [0.2, 0.25) is 0 Å². The Kier molecular flexibility index (Phi) is 3.88. The lowest BCUT2D eigenvalue weighted by Gasteiger charge is -2.10. The summed E-state index contributed by atoms with van der Waals surface area (Å²) in [5, 5.41) is 0. The summed E-state index contributed by atoms with van der Waals surface area (Å²) in [6, 6.07) is 4.08. The molecule has 0 aliphatic rings. The summed E-state index contributed by atoms with van der Waals surface area (Å²) >= 11 is 5.92. The van der Waals surface area contributed by atoms with Gasteiger partial charge in [0, 0.05) is 30.9 Å². The fourth-order valence-corrected chi connectivity index (χ4v) is 2.60. The molecule has 4 nitrogen and oxygen atoms in total. The highest BCUT2D eigenvalue weighted by molar-refractivity contribution is 6.17. The van der Waals surface area contributed by atoms with Gasteiger partial charge in [-0.3, -0.25) is 4.98 Å². The van der Waals surface area contributed by atoms with E-state index in [1.165, 1.54) is 11.1 Å². The molecule has 0 atom stereocenters. The van der Waals surface area contributed by atoms with Gasteiger partial charge in [0.1, 0.15) is 11.3 Å². The van der Waals surface area contributed by atoms with Gasteiger partial charge in [-0.05, 0) is 42.7 Å². The molecule has 5 heteroatoms. The number of nitrogens with zero attached hydrogens (tertiary/aromatic N) is 4. The Morgan fingerprint density at radius 2 is 2.10 bits per heavy atom.